The molecule has 0 amide bonds. The fraction of sp³-hybridized carbons (Fsp3) is 0.440. The maximum atomic E-state index is 6.23. The van der Waals surface area contributed by atoms with Crippen LogP contribution in [0, 0.1) is 5.92 Å². The summed E-state index contributed by atoms with van der Waals surface area (Å²) in [6, 6.07) is 17.4. The third-order valence-electron chi connectivity index (χ3n) is 5.67. The third kappa shape index (κ3) is 4.30. The first kappa shape index (κ1) is 21.4. The molecule has 0 radical (unpaired) electrons. The van der Waals surface area contributed by atoms with Crippen molar-refractivity contribution in [2.45, 2.75) is 58.7 Å². The van der Waals surface area contributed by atoms with Crippen LogP contribution in [0.4, 0.5) is 5.69 Å². The summed E-state index contributed by atoms with van der Waals surface area (Å²) < 4.78 is 6.23. The van der Waals surface area contributed by atoms with Gasteiger partial charge in [-0.1, -0.05) is 44.2 Å². The molecule has 3 aromatic carbocycles. The first-order valence-electron chi connectivity index (χ1n) is 10.7. The van der Waals surface area contributed by atoms with Crippen molar-refractivity contribution in [2.24, 2.45) is 5.92 Å². The van der Waals surface area contributed by atoms with E-state index < -0.39 is 11.9 Å². The highest BCUT2D eigenvalue weighted by Crippen LogP contribution is 2.35. The smallest absolute Gasteiger partial charge is 0.196 e. The van der Waals surface area contributed by atoms with Gasteiger partial charge in [-0.2, -0.15) is 12.6 Å². The highest BCUT2D eigenvalue weighted by Gasteiger charge is 2.41. The van der Waals surface area contributed by atoms with Crippen molar-refractivity contribution in [3.63, 3.8) is 0 Å². The Labute approximate surface area is 184 Å². The van der Waals surface area contributed by atoms with Gasteiger partial charge in [-0.05, 0) is 72.4 Å². The van der Waals surface area contributed by atoms with E-state index in [0.29, 0.717) is 0 Å². The van der Waals surface area contributed by atoms with Crippen LogP contribution in [-0.4, -0.2) is 23.9 Å². The van der Waals surface area contributed by atoms with Gasteiger partial charge >= 0.3 is 0 Å². The standard InChI is InChI=1S/C25H31NO3S/c1-16(2)23-27-24(25(3,4)29-28-23)26-22-12-11-17(10-7-13-30)20-14-18-8-5-6-9-19(18)15-21(20)22/h5-6,8-9,11-12,14-16,23-24,26,30H,7,10,13H2,1-4H3. The van der Waals surface area contributed by atoms with Crippen LogP contribution in [0.1, 0.15) is 39.7 Å². The second-order valence-corrected chi connectivity index (χ2v) is 9.35. The van der Waals surface area contributed by atoms with Crippen molar-refractivity contribution in [1.82, 2.24) is 0 Å². The van der Waals surface area contributed by atoms with E-state index in [2.05, 4.69) is 80.3 Å². The van der Waals surface area contributed by atoms with Crippen molar-refractivity contribution in [3.05, 3.63) is 54.1 Å². The number of benzene rings is 3. The van der Waals surface area contributed by atoms with Gasteiger partial charge in [0, 0.05) is 17.0 Å². The topological polar surface area (TPSA) is 39.7 Å². The zero-order chi connectivity index (χ0) is 21.3. The van der Waals surface area contributed by atoms with Gasteiger partial charge in [-0.3, -0.25) is 0 Å². The maximum absolute atomic E-state index is 6.23. The van der Waals surface area contributed by atoms with Crippen LogP contribution >= 0.6 is 12.6 Å². The molecule has 0 spiro atoms. The lowest BCUT2D eigenvalue weighted by Gasteiger charge is -2.42. The highest BCUT2D eigenvalue weighted by molar-refractivity contribution is 7.80. The number of nitrogens with one attached hydrogen (secondary N) is 1. The normalized spacial score (nSPS) is 21.4. The lowest BCUT2D eigenvalue weighted by atomic mass is 9.95. The minimum atomic E-state index is -0.626. The van der Waals surface area contributed by atoms with Crippen LogP contribution in [0.5, 0.6) is 0 Å². The molecule has 1 aliphatic heterocycles. The largest absolute Gasteiger partial charge is 0.357 e. The molecule has 30 heavy (non-hydrogen) atoms. The van der Waals surface area contributed by atoms with E-state index >= 15 is 0 Å². The summed E-state index contributed by atoms with van der Waals surface area (Å²) in [5, 5.41) is 8.54. The number of thiol groups is 1. The molecule has 0 bridgehead atoms. The lowest BCUT2D eigenvalue weighted by molar-refractivity contribution is -0.485. The van der Waals surface area contributed by atoms with Crippen molar-refractivity contribution >= 4 is 39.9 Å². The van der Waals surface area contributed by atoms with Crippen LogP contribution in [-0.2, 0) is 20.9 Å². The molecule has 0 aliphatic carbocycles. The Balaban J connectivity index is 1.77. The van der Waals surface area contributed by atoms with Crippen molar-refractivity contribution in [3.8, 4) is 0 Å². The third-order valence-corrected chi connectivity index (χ3v) is 5.98. The minimum Gasteiger partial charge on any atom is -0.357 e. The molecule has 2 unspecified atom stereocenters. The summed E-state index contributed by atoms with van der Waals surface area (Å²) in [6.45, 7) is 8.06. The van der Waals surface area contributed by atoms with E-state index in [0.717, 1.165) is 24.3 Å². The van der Waals surface area contributed by atoms with Crippen molar-refractivity contribution < 1.29 is 14.5 Å². The van der Waals surface area contributed by atoms with Gasteiger partial charge < -0.3 is 10.1 Å². The average Bonchev–Trinajstić information content (AvgIpc) is 2.73. The van der Waals surface area contributed by atoms with Crippen LogP contribution in [0.3, 0.4) is 0 Å². The second kappa shape index (κ2) is 8.75. The molecular weight excluding hydrogens is 394 g/mol. The fourth-order valence-electron chi connectivity index (χ4n) is 3.86. The fourth-order valence-corrected chi connectivity index (χ4v) is 4.02. The molecule has 1 heterocycles. The number of anilines is 1. The van der Waals surface area contributed by atoms with E-state index in [1.807, 2.05) is 13.8 Å². The van der Waals surface area contributed by atoms with E-state index in [1.165, 1.54) is 27.1 Å². The Morgan fingerprint density at radius 2 is 1.73 bits per heavy atom. The minimum absolute atomic E-state index is 0.190. The average molecular weight is 426 g/mol. The van der Waals surface area contributed by atoms with Gasteiger partial charge in [0.25, 0.3) is 0 Å². The number of aryl methyl sites for hydroxylation is 1. The molecule has 2 atom stereocenters. The predicted octanol–water partition coefficient (Wildman–Crippen LogP) is 6.33. The molecule has 5 heteroatoms. The molecule has 1 fully saturated rings. The molecular formula is C25H31NO3S. The molecule has 0 saturated carbocycles. The predicted molar refractivity (Wildman–Crippen MR) is 127 cm³/mol. The quantitative estimate of drug-likeness (QED) is 0.275. The maximum Gasteiger partial charge on any atom is 0.196 e. The summed E-state index contributed by atoms with van der Waals surface area (Å²) in [7, 11) is 0. The van der Waals surface area contributed by atoms with Crippen LogP contribution < -0.4 is 5.32 Å². The van der Waals surface area contributed by atoms with Crippen LogP contribution in [0.15, 0.2) is 48.5 Å². The molecule has 160 valence electrons. The Hall–Kier alpha value is -1.79. The Kier molecular flexibility index (Phi) is 6.26. The van der Waals surface area contributed by atoms with Crippen LogP contribution in [0.25, 0.3) is 21.5 Å². The van der Waals surface area contributed by atoms with E-state index in [1.54, 1.807) is 0 Å². The zero-order valence-corrected chi connectivity index (χ0v) is 19.0. The van der Waals surface area contributed by atoms with E-state index in [9.17, 15) is 0 Å². The molecule has 0 aromatic heterocycles. The van der Waals surface area contributed by atoms with Gasteiger partial charge in [-0.25, -0.2) is 9.78 Å². The summed E-state index contributed by atoms with van der Waals surface area (Å²) >= 11 is 4.40. The molecule has 4 rings (SSSR count). The molecule has 1 aliphatic rings. The Bertz CT molecular complexity index is 1030. The van der Waals surface area contributed by atoms with Gasteiger partial charge in [0.1, 0.15) is 5.60 Å². The van der Waals surface area contributed by atoms with Gasteiger partial charge in [-0.15, -0.1) is 0 Å². The van der Waals surface area contributed by atoms with Gasteiger partial charge in [0.15, 0.2) is 12.5 Å². The Morgan fingerprint density at radius 3 is 2.40 bits per heavy atom. The zero-order valence-electron chi connectivity index (χ0n) is 18.1. The van der Waals surface area contributed by atoms with Crippen LogP contribution in [0.2, 0.25) is 0 Å². The summed E-state index contributed by atoms with van der Waals surface area (Å²) in [5.41, 5.74) is 1.76. The molecule has 1 saturated heterocycles. The van der Waals surface area contributed by atoms with E-state index in [4.69, 9.17) is 14.5 Å². The number of fused-ring (bicyclic) bond motifs is 2. The van der Waals surface area contributed by atoms with Gasteiger partial charge in [0.2, 0.25) is 0 Å². The number of hydrogen-bond donors (Lipinski definition) is 2. The number of rotatable bonds is 6. The molecule has 1 N–H and O–H groups in total. The van der Waals surface area contributed by atoms with Gasteiger partial charge in [0.05, 0.1) is 0 Å². The first-order chi connectivity index (χ1) is 14.4. The lowest BCUT2D eigenvalue weighted by Crippen LogP contribution is -2.54. The summed E-state index contributed by atoms with van der Waals surface area (Å²) in [4.78, 5) is 11.1. The van der Waals surface area contributed by atoms with Crippen molar-refractivity contribution in [1.29, 1.82) is 0 Å². The second-order valence-electron chi connectivity index (χ2n) is 8.90. The number of hydrogen-bond acceptors (Lipinski definition) is 5. The molecule has 3 aromatic rings. The summed E-state index contributed by atoms with van der Waals surface area (Å²) in [6.07, 6.45) is 1.32. The highest BCUT2D eigenvalue weighted by atomic mass is 32.1. The van der Waals surface area contributed by atoms with Crippen molar-refractivity contribution in [2.75, 3.05) is 11.1 Å². The Morgan fingerprint density at radius 1 is 1.03 bits per heavy atom. The van der Waals surface area contributed by atoms with E-state index in [-0.39, 0.29) is 12.1 Å². The summed E-state index contributed by atoms with van der Waals surface area (Å²) in [5.74, 6) is 1.07. The number of ether oxygens (including phenoxy) is 1. The SMILES string of the molecule is CC(C)C1OOC(C)(C)C(Nc2ccc(CCCS)c3cc4ccccc4cc23)O1. The monoisotopic (exact) mass is 425 g/mol. The molecule has 4 nitrogen and oxygen atoms in total. The first-order valence-corrected chi connectivity index (χ1v) is 11.3.